The molecule has 0 spiro atoms. The number of hydrogen-bond donors (Lipinski definition) is 2. The van der Waals surface area contributed by atoms with Crippen molar-refractivity contribution >= 4 is 29.1 Å². The zero-order valence-electron chi connectivity index (χ0n) is 9.12. The summed E-state index contributed by atoms with van der Waals surface area (Å²) in [6.07, 6.45) is 1.44. The van der Waals surface area contributed by atoms with Gasteiger partial charge in [-0.1, -0.05) is 23.9 Å². The van der Waals surface area contributed by atoms with Crippen molar-refractivity contribution in [2.24, 2.45) is 10.2 Å². The number of rotatable bonds is 2. The molecule has 17 heavy (non-hydrogen) atoms. The molecule has 2 rings (SSSR count). The largest absolute Gasteiger partial charge is 0.507 e. The Bertz CT molecular complexity index is 499. The van der Waals surface area contributed by atoms with Gasteiger partial charge in [0.25, 0.3) is 0 Å². The quantitative estimate of drug-likeness (QED) is 0.613. The monoisotopic (exact) mass is 249 g/mol. The number of thioether (sulfide) groups is 1. The molecule has 5 nitrogen and oxygen atoms in total. The van der Waals surface area contributed by atoms with Crippen molar-refractivity contribution in [2.75, 3.05) is 0 Å². The summed E-state index contributed by atoms with van der Waals surface area (Å²) in [5.41, 5.74) is 0.583. The van der Waals surface area contributed by atoms with Crippen LogP contribution in [0.4, 0.5) is 0 Å². The third kappa shape index (κ3) is 2.85. The van der Waals surface area contributed by atoms with Crippen LogP contribution in [-0.4, -0.2) is 27.6 Å². The molecule has 6 heteroatoms. The van der Waals surface area contributed by atoms with Gasteiger partial charge in [0.15, 0.2) is 5.17 Å². The molecule has 0 aromatic heterocycles. The van der Waals surface area contributed by atoms with E-state index in [-0.39, 0.29) is 16.9 Å². The Morgan fingerprint density at radius 2 is 2.24 bits per heavy atom. The van der Waals surface area contributed by atoms with Crippen LogP contribution in [0.2, 0.25) is 0 Å². The highest BCUT2D eigenvalue weighted by Gasteiger charge is 2.25. The first-order valence-electron chi connectivity index (χ1n) is 5.03. The number of amidine groups is 1. The number of benzene rings is 1. The zero-order chi connectivity index (χ0) is 12.3. The van der Waals surface area contributed by atoms with Gasteiger partial charge >= 0.3 is 0 Å². The minimum absolute atomic E-state index is 0.0634. The lowest BCUT2D eigenvalue weighted by Crippen LogP contribution is -2.23. The second kappa shape index (κ2) is 5.01. The number of phenolic OH excluding ortho intramolecular Hbond substituents is 1. The molecule has 1 aliphatic heterocycles. The molecule has 1 aromatic carbocycles. The molecule has 0 unspecified atom stereocenters. The summed E-state index contributed by atoms with van der Waals surface area (Å²) in [6, 6.07) is 6.82. The standard InChI is InChI=1S/C11H11N3O2S/c1-7-10(16)13-11(17-7)14-12-6-8-4-2-3-5-9(8)15/h2-7,15H,1H3,(H,13,14,16)/b12-6-/t7-/m0/s1. The molecule has 1 aliphatic rings. The maximum Gasteiger partial charge on any atom is 0.239 e. The highest BCUT2D eigenvalue weighted by Crippen LogP contribution is 2.18. The molecule has 1 aromatic rings. The smallest absolute Gasteiger partial charge is 0.239 e. The summed E-state index contributed by atoms with van der Waals surface area (Å²) < 4.78 is 0. The van der Waals surface area contributed by atoms with E-state index in [0.717, 1.165) is 0 Å². The summed E-state index contributed by atoms with van der Waals surface area (Å²) in [4.78, 5) is 11.2. The van der Waals surface area contributed by atoms with Crippen LogP contribution >= 0.6 is 11.8 Å². The van der Waals surface area contributed by atoms with Gasteiger partial charge < -0.3 is 10.4 Å². The predicted molar refractivity (Wildman–Crippen MR) is 68.3 cm³/mol. The van der Waals surface area contributed by atoms with E-state index in [4.69, 9.17) is 0 Å². The van der Waals surface area contributed by atoms with Crippen LogP contribution in [0.1, 0.15) is 12.5 Å². The summed E-state index contributed by atoms with van der Waals surface area (Å²) >= 11 is 1.33. The number of hydrogen-bond acceptors (Lipinski definition) is 5. The number of nitrogens with one attached hydrogen (secondary N) is 1. The van der Waals surface area contributed by atoms with E-state index < -0.39 is 0 Å². The van der Waals surface area contributed by atoms with E-state index in [1.165, 1.54) is 18.0 Å². The molecule has 0 radical (unpaired) electrons. The van der Waals surface area contributed by atoms with Crippen molar-refractivity contribution in [3.05, 3.63) is 29.8 Å². The van der Waals surface area contributed by atoms with Crippen LogP contribution in [0.3, 0.4) is 0 Å². The molecule has 1 fully saturated rings. The average Bonchev–Trinajstić information content (AvgIpc) is 2.61. The SMILES string of the molecule is C[C@@H]1SC(=N/N=C\c2ccccc2O)NC1=O. The van der Waals surface area contributed by atoms with E-state index in [9.17, 15) is 9.90 Å². The molecule has 1 atom stereocenters. The molecule has 1 saturated heterocycles. The van der Waals surface area contributed by atoms with Gasteiger partial charge in [0.1, 0.15) is 5.75 Å². The van der Waals surface area contributed by atoms with Gasteiger partial charge in [0.2, 0.25) is 5.91 Å². The first-order valence-corrected chi connectivity index (χ1v) is 5.91. The highest BCUT2D eigenvalue weighted by atomic mass is 32.2. The van der Waals surface area contributed by atoms with Crippen LogP contribution in [0.5, 0.6) is 5.75 Å². The van der Waals surface area contributed by atoms with Crippen LogP contribution in [0, 0.1) is 0 Å². The normalized spacial score (nSPS) is 22.3. The number of phenols is 1. The molecule has 2 N–H and O–H groups in total. The molecular weight excluding hydrogens is 238 g/mol. The van der Waals surface area contributed by atoms with Crippen molar-refractivity contribution in [2.45, 2.75) is 12.2 Å². The minimum atomic E-state index is -0.130. The molecule has 88 valence electrons. The Balaban J connectivity index is 2.06. The van der Waals surface area contributed by atoms with Crippen LogP contribution < -0.4 is 5.32 Å². The van der Waals surface area contributed by atoms with Crippen LogP contribution in [-0.2, 0) is 4.79 Å². The third-order valence-electron chi connectivity index (χ3n) is 2.17. The molecule has 0 saturated carbocycles. The Kier molecular flexibility index (Phi) is 3.43. The maximum atomic E-state index is 11.2. The van der Waals surface area contributed by atoms with Gasteiger partial charge in [-0.2, -0.15) is 5.10 Å². The van der Waals surface area contributed by atoms with Gasteiger partial charge in [-0.05, 0) is 19.1 Å². The fourth-order valence-corrected chi connectivity index (χ4v) is 2.00. The molecule has 1 amide bonds. The van der Waals surface area contributed by atoms with E-state index in [2.05, 4.69) is 15.5 Å². The number of amides is 1. The van der Waals surface area contributed by atoms with Crippen molar-refractivity contribution in [1.29, 1.82) is 0 Å². The lowest BCUT2D eigenvalue weighted by molar-refractivity contribution is -0.118. The Hall–Kier alpha value is -1.82. The molecule has 0 aliphatic carbocycles. The van der Waals surface area contributed by atoms with Crippen molar-refractivity contribution in [3.8, 4) is 5.75 Å². The van der Waals surface area contributed by atoms with Gasteiger partial charge in [-0.15, -0.1) is 5.10 Å². The number of carbonyl (C=O) groups is 1. The first-order chi connectivity index (χ1) is 8.16. The molecular formula is C11H11N3O2S. The van der Waals surface area contributed by atoms with E-state index >= 15 is 0 Å². The van der Waals surface area contributed by atoms with Crippen LogP contribution in [0.25, 0.3) is 0 Å². The highest BCUT2D eigenvalue weighted by molar-refractivity contribution is 8.15. The number of para-hydroxylation sites is 1. The number of aromatic hydroxyl groups is 1. The molecule has 1 heterocycles. The first kappa shape index (κ1) is 11.7. The van der Waals surface area contributed by atoms with Gasteiger partial charge in [-0.25, -0.2) is 0 Å². The summed E-state index contributed by atoms with van der Waals surface area (Å²) in [5, 5.41) is 20.1. The second-order valence-corrected chi connectivity index (χ2v) is 4.79. The maximum absolute atomic E-state index is 11.2. The summed E-state index contributed by atoms with van der Waals surface area (Å²) in [5.74, 6) is 0.0828. The van der Waals surface area contributed by atoms with E-state index in [1.807, 2.05) is 0 Å². The Morgan fingerprint density at radius 3 is 2.88 bits per heavy atom. The third-order valence-corrected chi connectivity index (χ3v) is 3.14. The Morgan fingerprint density at radius 1 is 1.47 bits per heavy atom. The van der Waals surface area contributed by atoms with Gasteiger partial charge in [-0.3, -0.25) is 4.79 Å². The van der Waals surface area contributed by atoms with Crippen molar-refractivity contribution in [3.63, 3.8) is 0 Å². The Labute approximate surface area is 103 Å². The van der Waals surface area contributed by atoms with E-state index in [0.29, 0.717) is 10.7 Å². The van der Waals surface area contributed by atoms with Crippen molar-refractivity contribution in [1.82, 2.24) is 5.32 Å². The minimum Gasteiger partial charge on any atom is -0.507 e. The number of carbonyl (C=O) groups excluding carboxylic acids is 1. The second-order valence-electron chi connectivity index (χ2n) is 3.46. The average molecular weight is 249 g/mol. The topological polar surface area (TPSA) is 74.1 Å². The number of nitrogens with zero attached hydrogens (tertiary/aromatic N) is 2. The summed E-state index contributed by atoms with van der Waals surface area (Å²) in [6.45, 7) is 1.80. The lowest BCUT2D eigenvalue weighted by Gasteiger charge is -1.95. The van der Waals surface area contributed by atoms with Gasteiger partial charge in [0, 0.05) is 5.56 Å². The molecule has 0 bridgehead atoms. The lowest BCUT2D eigenvalue weighted by atomic mass is 10.2. The zero-order valence-corrected chi connectivity index (χ0v) is 9.94. The fraction of sp³-hybridized carbons (Fsp3) is 0.182. The summed E-state index contributed by atoms with van der Waals surface area (Å²) in [7, 11) is 0. The van der Waals surface area contributed by atoms with E-state index in [1.54, 1.807) is 31.2 Å². The van der Waals surface area contributed by atoms with Crippen molar-refractivity contribution < 1.29 is 9.90 Å². The fourth-order valence-electron chi connectivity index (χ4n) is 1.25. The van der Waals surface area contributed by atoms with Crippen LogP contribution in [0.15, 0.2) is 34.5 Å². The van der Waals surface area contributed by atoms with Gasteiger partial charge in [0.05, 0.1) is 11.5 Å². The predicted octanol–water partition coefficient (Wildman–Crippen LogP) is 1.33.